The van der Waals surface area contributed by atoms with Gasteiger partial charge in [-0.25, -0.2) is 8.42 Å². The number of amides is 1. The molecule has 10 heteroatoms. The van der Waals surface area contributed by atoms with E-state index < -0.39 is 14.9 Å². The zero-order valence-corrected chi connectivity index (χ0v) is 16.3. The fourth-order valence-corrected chi connectivity index (χ4v) is 4.25. The number of nitrogens with one attached hydrogen (secondary N) is 2. The van der Waals surface area contributed by atoms with E-state index in [9.17, 15) is 28.4 Å². The molecule has 29 heavy (non-hydrogen) atoms. The van der Waals surface area contributed by atoms with Crippen molar-refractivity contribution in [3.8, 4) is 0 Å². The highest BCUT2D eigenvalue weighted by Gasteiger charge is 2.22. The van der Waals surface area contributed by atoms with E-state index in [1.165, 1.54) is 42.5 Å². The van der Waals surface area contributed by atoms with Gasteiger partial charge in [0.2, 0.25) is 0 Å². The Kier molecular flexibility index (Phi) is 6.14. The van der Waals surface area contributed by atoms with Gasteiger partial charge in [-0.1, -0.05) is 6.07 Å². The Labute approximate surface area is 168 Å². The second-order valence-corrected chi connectivity index (χ2v) is 8.60. The van der Waals surface area contributed by atoms with Gasteiger partial charge in [-0.2, -0.15) is 0 Å². The van der Waals surface area contributed by atoms with Gasteiger partial charge in [0.05, 0.1) is 15.9 Å². The smallest absolute Gasteiger partial charge is 0.270 e. The first-order valence-electron chi connectivity index (χ1n) is 9.11. The molecule has 0 bridgehead atoms. The van der Waals surface area contributed by atoms with Crippen LogP contribution < -0.4 is 10.0 Å². The first kappa shape index (κ1) is 20.7. The SMILES string of the molecule is O=C(NC1CCC(O)CC1)c1ccc(NS(=O)(=O)c2cccc([N+](=O)[O-])c2)cc1. The summed E-state index contributed by atoms with van der Waals surface area (Å²) in [6.07, 6.45) is 2.44. The summed E-state index contributed by atoms with van der Waals surface area (Å²) >= 11 is 0. The minimum absolute atomic E-state index is 0.0120. The van der Waals surface area contributed by atoms with Crippen LogP contribution in [0.3, 0.4) is 0 Å². The molecular weight excluding hydrogens is 398 g/mol. The summed E-state index contributed by atoms with van der Waals surface area (Å²) in [5.74, 6) is -0.264. The predicted octanol–water partition coefficient (Wildman–Crippen LogP) is 2.43. The summed E-state index contributed by atoms with van der Waals surface area (Å²) in [6, 6.07) is 10.7. The third-order valence-corrected chi connectivity index (χ3v) is 6.15. The summed E-state index contributed by atoms with van der Waals surface area (Å²) in [4.78, 5) is 22.3. The molecular formula is C19H21N3O6S. The van der Waals surface area contributed by atoms with Crippen LogP contribution in [-0.2, 0) is 10.0 Å². The van der Waals surface area contributed by atoms with Crippen LogP contribution in [-0.4, -0.2) is 36.5 Å². The van der Waals surface area contributed by atoms with Gasteiger partial charge in [0.25, 0.3) is 21.6 Å². The number of hydrogen-bond donors (Lipinski definition) is 3. The molecule has 0 unspecified atom stereocenters. The first-order chi connectivity index (χ1) is 13.7. The van der Waals surface area contributed by atoms with E-state index in [4.69, 9.17) is 0 Å². The lowest BCUT2D eigenvalue weighted by atomic mass is 9.93. The quantitative estimate of drug-likeness (QED) is 0.485. The third kappa shape index (κ3) is 5.30. The lowest BCUT2D eigenvalue weighted by Gasteiger charge is -2.26. The van der Waals surface area contributed by atoms with E-state index in [0.717, 1.165) is 6.07 Å². The van der Waals surface area contributed by atoms with Crippen LogP contribution in [0.25, 0.3) is 0 Å². The topological polar surface area (TPSA) is 139 Å². The molecule has 9 nitrogen and oxygen atoms in total. The lowest BCUT2D eigenvalue weighted by molar-refractivity contribution is -0.385. The van der Waals surface area contributed by atoms with E-state index in [1.807, 2.05) is 0 Å². The number of hydrogen-bond acceptors (Lipinski definition) is 6. The highest BCUT2D eigenvalue weighted by Crippen LogP contribution is 2.22. The number of benzene rings is 2. The Hall–Kier alpha value is -2.98. The molecule has 3 N–H and O–H groups in total. The molecule has 0 aliphatic heterocycles. The van der Waals surface area contributed by atoms with Crippen LogP contribution in [0.5, 0.6) is 0 Å². The van der Waals surface area contributed by atoms with Crippen LogP contribution in [0, 0.1) is 10.1 Å². The molecule has 0 aromatic heterocycles. The highest BCUT2D eigenvalue weighted by molar-refractivity contribution is 7.92. The molecule has 0 heterocycles. The zero-order valence-electron chi connectivity index (χ0n) is 15.4. The van der Waals surface area contributed by atoms with Crippen molar-refractivity contribution in [1.29, 1.82) is 0 Å². The Bertz CT molecular complexity index is 999. The van der Waals surface area contributed by atoms with Gasteiger partial charge < -0.3 is 10.4 Å². The van der Waals surface area contributed by atoms with E-state index in [1.54, 1.807) is 0 Å². The predicted molar refractivity (Wildman–Crippen MR) is 106 cm³/mol. The maximum Gasteiger partial charge on any atom is 0.270 e. The monoisotopic (exact) mass is 419 g/mol. The molecule has 0 spiro atoms. The fourth-order valence-electron chi connectivity index (χ4n) is 3.16. The van der Waals surface area contributed by atoms with Gasteiger partial charge >= 0.3 is 0 Å². The van der Waals surface area contributed by atoms with E-state index in [-0.39, 0.29) is 34.3 Å². The summed E-state index contributed by atoms with van der Waals surface area (Å²) in [6.45, 7) is 0. The Morgan fingerprint density at radius 2 is 1.72 bits per heavy atom. The maximum atomic E-state index is 12.5. The zero-order chi connectivity index (χ0) is 21.0. The lowest BCUT2D eigenvalue weighted by Crippen LogP contribution is -2.38. The normalized spacial score (nSPS) is 19.3. The number of rotatable bonds is 6. The Morgan fingerprint density at radius 1 is 1.07 bits per heavy atom. The Balaban J connectivity index is 1.66. The second kappa shape index (κ2) is 8.58. The number of aliphatic hydroxyl groups is 1. The van der Waals surface area contributed by atoms with Gasteiger partial charge in [-0.05, 0) is 56.0 Å². The second-order valence-electron chi connectivity index (χ2n) is 6.92. The summed E-state index contributed by atoms with van der Waals surface area (Å²) in [7, 11) is -4.01. The molecule has 1 aliphatic carbocycles. The number of sulfonamides is 1. The van der Waals surface area contributed by atoms with E-state index in [0.29, 0.717) is 31.2 Å². The molecule has 0 saturated heterocycles. The molecule has 0 radical (unpaired) electrons. The van der Waals surface area contributed by atoms with Crippen LogP contribution in [0.15, 0.2) is 53.4 Å². The number of nitrogens with zero attached hydrogens (tertiary/aromatic N) is 1. The average molecular weight is 419 g/mol. The average Bonchev–Trinajstić information content (AvgIpc) is 2.70. The van der Waals surface area contributed by atoms with Gasteiger partial charge in [0.15, 0.2) is 0 Å². The molecule has 3 rings (SSSR count). The summed E-state index contributed by atoms with van der Waals surface area (Å²) in [5, 5.41) is 23.3. The van der Waals surface area contributed by atoms with Crippen molar-refractivity contribution < 1.29 is 23.2 Å². The molecule has 1 fully saturated rings. The fraction of sp³-hybridized carbons (Fsp3) is 0.316. The van der Waals surface area contributed by atoms with Crippen molar-refractivity contribution in [2.75, 3.05) is 4.72 Å². The maximum absolute atomic E-state index is 12.5. The van der Waals surface area contributed by atoms with E-state index >= 15 is 0 Å². The number of carbonyl (C=O) groups is 1. The van der Waals surface area contributed by atoms with Crippen LogP contribution in [0.2, 0.25) is 0 Å². The number of aliphatic hydroxyl groups excluding tert-OH is 1. The molecule has 1 amide bonds. The number of non-ortho nitro benzene ring substituents is 1. The number of nitro benzene ring substituents is 1. The van der Waals surface area contributed by atoms with Gasteiger partial charge in [-0.15, -0.1) is 0 Å². The molecule has 2 aromatic rings. The Morgan fingerprint density at radius 3 is 2.34 bits per heavy atom. The molecule has 2 aromatic carbocycles. The molecule has 154 valence electrons. The van der Waals surface area contributed by atoms with Gasteiger partial charge in [0.1, 0.15) is 0 Å². The van der Waals surface area contributed by atoms with Crippen LogP contribution >= 0.6 is 0 Å². The first-order valence-corrected chi connectivity index (χ1v) is 10.6. The highest BCUT2D eigenvalue weighted by atomic mass is 32.2. The third-order valence-electron chi connectivity index (χ3n) is 4.77. The van der Waals surface area contributed by atoms with Crippen LogP contribution in [0.4, 0.5) is 11.4 Å². The molecule has 0 atom stereocenters. The van der Waals surface area contributed by atoms with Crippen LogP contribution in [0.1, 0.15) is 36.0 Å². The standard InChI is InChI=1S/C19H21N3O6S/c23-17-10-8-14(9-11-17)20-19(24)13-4-6-15(7-5-13)21-29(27,28)18-3-1-2-16(12-18)22(25)26/h1-7,12,14,17,21,23H,8-11H2,(H,20,24). The van der Waals surface area contributed by atoms with Crippen molar-refractivity contribution >= 4 is 27.3 Å². The largest absolute Gasteiger partial charge is 0.393 e. The van der Waals surface area contributed by atoms with Crippen molar-refractivity contribution in [3.63, 3.8) is 0 Å². The minimum atomic E-state index is -4.01. The van der Waals surface area contributed by atoms with Crippen molar-refractivity contribution in [2.24, 2.45) is 0 Å². The molecule has 1 saturated carbocycles. The molecule has 1 aliphatic rings. The van der Waals surface area contributed by atoms with Gasteiger partial charge in [-0.3, -0.25) is 19.6 Å². The summed E-state index contributed by atoms with van der Waals surface area (Å²) in [5.41, 5.74) is 0.290. The van der Waals surface area contributed by atoms with Gasteiger partial charge in [0, 0.05) is 29.4 Å². The summed E-state index contributed by atoms with van der Waals surface area (Å²) < 4.78 is 27.2. The number of anilines is 1. The van der Waals surface area contributed by atoms with Crippen molar-refractivity contribution in [3.05, 3.63) is 64.2 Å². The van der Waals surface area contributed by atoms with Crippen molar-refractivity contribution in [2.45, 2.75) is 42.7 Å². The number of carbonyl (C=O) groups excluding carboxylic acids is 1. The van der Waals surface area contributed by atoms with E-state index in [2.05, 4.69) is 10.0 Å². The van der Waals surface area contributed by atoms with Crippen molar-refractivity contribution in [1.82, 2.24) is 5.32 Å². The minimum Gasteiger partial charge on any atom is -0.393 e. The number of nitro groups is 1.